The van der Waals surface area contributed by atoms with Crippen LogP contribution >= 0.6 is 11.6 Å². The maximum atomic E-state index is 13.1. The summed E-state index contributed by atoms with van der Waals surface area (Å²) in [4.78, 5) is 2.65. The summed E-state index contributed by atoms with van der Waals surface area (Å²) in [5.41, 5.74) is 2.28. The van der Waals surface area contributed by atoms with E-state index in [1.165, 1.54) is 24.1 Å². The van der Waals surface area contributed by atoms with Crippen molar-refractivity contribution >= 4 is 19.9 Å². The fourth-order valence-electron chi connectivity index (χ4n) is 7.85. The first-order valence-electron chi connectivity index (χ1n) is 15.7. The van der Waals surface area contributed by atoms with E-state index in [-0.39, 0.29) is 17.4 Å². The molecule has 3 nitrogen and oxygen atoms in total. The highest BCUT2D eigenvalue weighted by Gasteiger charge is 2.48. The third-order valence-electron chi connectivity index (χ3n) is 10.2. The van der Waals surface area contributed by atoms with Crippen LogP contribution in [0.4, 0.5) is 13.2 Å². The fourth-order valence-corrected chi connectivity index (χ4v) is 13.4. The maximum absolute atomic E-state index is 13.1. The Hall–Kier alpha value is -1.54. The van der Waals surface area contributed by atoms with Crippen LogP contribution in [-0.4, -0.2) is 45.6 Å². The Labute approximate surface area is 257 Å². The normalized spacial score (nSPS) is 21.6. The lowest BCUT2D eigenvalue weighted by Crippen LogP contribution is -2.58. The number of alkyl halides is 3. The third kappa shape index (κ3) is 7.22. The van der Waals surface area contributed by atoms with Gasteiger partial charge in [0.15, 0.2) is 8.32 Å². The lowest BCUT2D eigenvalue weighted by Gasteiger charge is -2.51. The summed E-state index contributed by atoms with van der Waals surface area (Å²) in [7, 11) is -2.09. The minimum absolute atomic E-state index is 0.113. The van der Waals surface area contributed by atoms with Gasteiger partial charge in [0.2, 0.25) is 0 Å². The second-order valence-corrected chi connectivity index (χ2v) is 19.4. The number of likely N-dealkylation sites (tertiary alicyclic amines) is 1. The lowest BCUT2D eigenvalue weighted by molar-refractivity contribution is -0.137. The van der Waals surface area contributed by atoms with E-state index in [4.69, 9.17) is 20.8 Å². The van der Waals surface area contributed by atoms with Gasteiger partial charge in [-0.05, 0) is 90.8 Å². The summed E-state index contributed by atoms with van der Waals surface area (Å²) in [6, 6.07) is 13.6. The van der Waals surface area contributed by atoms with Gasteiger partial charge in [0.05, 0.1) is 12.2 Å². The molecule has 1 aliphatic carbocycles. The summed E-state index contributed by atoms with van der Waals surface area (Å²) < 4.78 is 52.7. The molecule has 42 heavy (non-hydrogen) atoms. The Balaban J connectivity index is 1.58. The lowest BCUT2D eigenvalue weighted by atomic mass is 9.63. The van der Waals surface area contributed by atoms with Gasteiger partial charge in [-0.2, -0.15) is 13.2 Å². The molecule has 4 rings (SSSR count). The predicted molar refractivity (Wildman–Crippen MR) is 169 cm³/mol. The van der Waals surface area contributed by atoms with Gasteiger partial charge in [-0.3, -0.25) is 4.90 Å². The molecule has 1 heterocycles. The molecule has 2 aliphatic rings. The van der Waals surface area contributed by atoms with E-state index in [2.05, 4.69) is 58.6 Å². The Kier molecular flexibility index (Phi) is 10.8. The van der Waals surface area contributed by atoms with E-state index in [9.17, 15) is 13.2 Å². The number of hydrogen-bond donors (Lipinski definition) is 0. The average Bonchev–Trinajstić information content (AvgIpc) is 2.90. The second kappa shape index (κ2) is 13.6. The molecular weight excluding hydrogens is 575 g/mol. The van der Waals surface area contributed by atoms with Crippen molar-refractivity contribution < 1.29 is 22.3 Å². The van der Waals surface area contributed by atoms with Crippen molar-refractivity contribution in [3.05, 3.63) is 64.7 Å². The molecule has 1 aliphatic heterocycles. The van der Waals surface area contributed by atoms with Gasteiger partial charge in [0.25, 0.3) is 0 Å². The summed E-state index contributed by atoms with van der Waals surface area (Å²) in [5.74, 6) is 0.702. The fraction of sp³-hybridized carbons (Fsp3) is 0.647. The van der Waals surface area contributed by atoms with Gasteiger partial charge in [-0.15, -0.1) is 0 Å². The molecule has 2 atom stereocenters. The largest absolute Gasteiger partial charge is 0.493 e. The molecule has 0 amide bonds. The highest BCUT2D eigenvalue weighted by molar-refractivity contribution is 6.77. The minimum atomic E-state index is -4.36. The molecule has 0 aromatic heterocycles. The Morgan fingerprint density at radius 3 is 1.98 bits per heavy atom. The Morgan fingerprint density at radius 1 is 0.881 bits per heavy atom. The maximum Gasteiger partial charge on any atom is 0.416 e. The average molecular weight is 624 g/mol. The highest BCUT2D eigenvalue weighted by Crippen LogP contribution is 2.47. The number of hydrogen-bond acceptors (Lipinski definition) is 3. The third-order valence-corrected chi connectivity index (χ3v) is 16.5. The predicted octanol–water partition coefficient (Wildman–Crippen LogP) is 10.1. The topological polar surface area (TPSA) is 21.7 Å². The van der Waals surface area contributed by atoms with Crippen LogP contribution in [0.1, 0.15) is 84.8 Å². The molecule has 0 spiro atoms. The molecule has 2 unspecified atom stereocenters. The van der Waals surface area contributed by atoms with Crippen LogP contribution in [-0.2, 0) is 16.0 Å². The first kappa shape index (κ1) is 33.4. The van der Waals surface area contributed by atoms with E-state index >= 15 is 0 Å². The highest BCUT2D eigenvalue weighted by atomic mass is 35.5. The van der Waals surface area contributed by atoms with Crippen molar-refractivity contribution in [3.8, 4) is 5.75 Å². The van der Waals surface area contributed by atoms with Gasteiger partial charge in [-0.25, -0.2) is 0 Å². The van der Waals surface area contributed by atoms with Crippen LogP contribution in [0.3, 0.4) is 0 Å². The standard InChI is InChI=1S/C34H49ClF3NO2Si/c1-24(2)42(25(3)4,26(5)6)41-22-32-27(21-40-31-16-12-29(13-17-31)34(36,37)38)9-7-20-39(32)23-33(18-8-19-33)28-10-14-30(35)15-11-28/h10-17,24-27,32H,7-9,18-23H2,1-6H3. The van der Waals surface area contributed by atoms with E-state index < -0.39 is 20.1 Å². The van der Waals surface area contributed by atoms with Crippen LogP contribution in [0, 0.1) is 5.92 Å². The summed E-state index contributed by atoms with van der Waals surface area (Å²) in [5, 5.41) is 0.760. The number of piperidine rings is 1. The summed E-state index contributed by atoms with van der Waals surface area (Å²) in [6.07, 6.45) is 1.27. The SMILES string of the molecule is CC(C)[Si](OCC1C(COc2ccc(C(F)(F)F)cc2)CCCN1CC1(c2ccc(Cl)cc2)CCC1)(C(C)C)C(C)C. The van der Waals surface area contributed by atoms with Gasteiger partial charge in [-0.1, -0.05) is 71.7 Å². The number of benzene rings is 2. The zero-order valence-corrected chi connectivity index (χ0v) is 27.9. The molecule has 2 aromatic rings. The molecule has 234 valence electrons. The molecular formula is C34H49ClF3NO2Si. The molecule has 0 radical (unpaired) electrons. The Morgan fingerprint density at radius 2 is 1.48 bits per heavy atom. The minimum Gasteiger partial charge on any atom is -0.493 e. The van der Waals surface area contributed by atoms with Crippen molar-refractivity contribution in [3.63, 3.8) is 0 Å². The molecule has 2 fully saturated rings. The molecule has 1 saturated heterocycles. The van der Waals surface area contributed by atoms with E-state index in [0.717, 1.165) is 55.9 Å². The number of halogens is 4. The molecule has 0 N–H and O–H groups in total. The van der Waals surface area contributed by atoms with Crippen LogP contribution in [0.2, 0.25) is 21.6 Å². The van der Waals surface area contributed by atoms with E-state index in [0.29, 0.717) is 35.6 Å². The van der Waals surface area contributed by atoms with Gasteiger partial charge in [0.1, 0.15) is 5.75 Å². The van der Waals surface area contributed by atoms with Crippen molar-refractivity contribution in [2.45, 2.75) is 108 Å². The van der Waals surface area contributed by atoms with Crippen LogP contribution in [0.25, 0.3) is 0 Å². The first-order chi connectivity index (χ1) is 19.8. The summed E-state index contributed by atoms with van der Waals surface area (Å²) in [6.45, 7) is 17.0. The number of nitrogens with zero attached hydrogens (tertiary/aromatic N) is 1. The zero-order chi connectivity index (χ0) is 30.7. The number of rotatable bonds is 12. The van der Waals surface area contributed by atoms with Gasteiger partial charge in [0, 0.05) is 35.5 Å². The summed E-state index contributed by atoms with van der Waals surface area (Å²) >= 11 is 6.24. The van der Waals surface area contributed by atoms with Crippen LogP contribution in [0.15, 0.2) is 48.5 Å². The van der Waals surface area contributed by atoms with Gasteiger partial charge < -0.3 is 9.16 Å². The molecule has 8 heteroatoms. The van der Waals surface area contributed by atoms with Crippen molar-refractivity contribution in [1.82, 2.24) is 4.90 Å². The zero-order valence-electron chi connectivity index (χ0n) is 26.1. The van der Waals surface area contributed by atoms with Crippen LogP contribution in [0.5, 0.6) is 5.75 Å². The molecule has 1 saturated carbocycles. The van der Waals surface area contributed by atoms with Crippen molar-refractivity contribution in [2.75, 3.05) is 26.3 Å². The molecule has 0 bridgehead atoms. The smallest absolute Gasteiger partial charge is 0.416 e. The Bertz CT molecular complexity index is 1110. The van der Waals surface area contributed by atoms with Crippen molar-refractivity contribution in [1.29, 1.82) is 0 Å². The number of ether oxygens (including phenoxy) is 1. The van der Waals surface area contributed by atoms with Gasteiger partial charge >= 0.3 is 6.18 Å². The van der Waals surface area contributed by atoms with E-state index in [1.807, 2.05) is 12.1 Å². The monoisotopic (exact) mass is 623 g/mol. The van der Waals surface area contributed by atoms with E-state index in [1.54, 1.807) is 0 Å². The molecule has 2 aromatic carbocycles. The first-order valence-corrected chi connectivity index (χ1v) is 18.2. The quantitative estimate of drug-likeness (QED) is 0.220. The van der Waals surface area contributed by atoms with Crippen LogP contribution < -0.4 is 4.74 Å². The second-order valence-electron chi connectivity index (χ2n) is 13.5. The van der Waals surface area contributed by atoms with Crippen molar-refractivity contribution in [2.24, 2.45) is 5.92 Å².